The Hall–Kier alpha value is -4.12. The number of amides is 2. The van der Waals surface area contributed by atoms with Crippen LogP contribution < -0.4 is 19.1 Å². The zero-order valence-corrected chi connectivity index (χ0v) is 24.6. The summed E-state index contributed by atoms with van der Waals surface area (Å²) in [6.07, 6.45) is 1.96. The average molecular weight is 598 g/mol. The third kappa shape index (κ3) is 7.39. The van der Waals surface area contributed by atoms with E-state index in [4.69, 9.17) is 9.47 Å². The van der Waals surface area contributed by atoms with Crippen LogP contribution in [0.15, 0.2) is 77.7 Å². The summed E-state index contributed by atoms with van der Waals surface area (Å²) < 4.78 is 53.9. The minimum absolute atomic E-state index is 0.00197. The van der Waals surface area contributed by atoms with Crippen molar-refractivity contribution >= 4 is 27.5 Å². The molecule has 0 saturated heterocycles. The summed E-state index contributed by atoms with van der Waals surface area (Å²) in [7, 11) is -4.22. The number of rotatable bonds is 13. The SMILES string of the molecule is CCCCNC(=O)C(CC)N(Cc1ccc(F)cc1)C(=O)CN(c1ccc2c(c1)OCCO2)S(=O)(=O)c1ccccc1. The van der Waals surface area contributed by atoms with Crippen LogP contribution in [0.5, 0.6) is 11.5 Å². The highest BCUT2D eigenvalue weighted by Crippen LogP contribution is 2.36. The number of hydrogen-bond donors (Lipinski definition) is 1. The lowest BCUT2D eigenvalue weighted by molar-refractivity contribution is -0.140. The number of benzene rings is 3. The van der Waals surface area contributed by atoms with Gasteiger partial charge >= 0.3 is 0 Å². The number of halogens is 1. The minimum Gasteiger partial charge on any atom is -0.486 e. The molecule has 0 fully saturated rings. The number of carbonyl (C=O) groups excluding carboxylic acids is 2. The molecule has 0 bridgehead atoms. The molecule has 0 aromatic heterocycles. The topological polar surface area (TPSA) is 105 Å². The van der Waals surface area contributed by atoms with Gasteiger partial charge in [-0.1, -0.05) is 50.6 Å². The van der Waals surface area contributed by atoms with Gasteiger partial charge in [0.15, 0.2) is 11.5 Å². The molecule has 1 aliphatic rings. The van der Waals surface area contributed by atoms with Gasteiger partial charge in [0.2, 0.25) is 11.8 Å². The maximum Gasteiger partial charge on any atom is 0.264 e. The Bertz CT molecular complexity index is 1470. The van der Waals surface area contributed by atoms with Crippen LogP contribution in [0.3, 0.4) is 0 Å². The standard InChI is InChI=1S/C31H36FN3O6S/c1-3-5-17-33-31(37)27(4-2)34(21-23-11-13-24(32)14-12-23)30(36)22-35(42(38,39)26-9-7-6-8-10-26)25-15-16-28-29(20-25)41-19-18-40-28/h6-16,20,27H,3-5,17-19,21-22H2,1-2H3,(H,33,37). The van der Waals surface area contributed by atoms with E-state index in [0.29, 0.717) is 43.2 Å². The summed E-state index contributed by atoms with van der Waals surface area (Å²) >= 11 is 0. The third-order valence-electron chi connectivity index (χ3n) is 6.91. The molecule has 3 aromatic carbocycles. The van der Waals surface area contributed by atoms with Crippen LogP contribution in [0, 0.1) is 5.82 Å². The zero-order chi connectivity index (χ0) is 30.1. The lowest BCUT2D eigenvalue weighted by atomic mass is 10.1. The first kappa shape index (κ1) is 30.8. The van der Waals surface area contributed by atoms with E-state index in [0.717, 1.165) is 17.1 Å². The molecule has 42 heavy (non-hydrogen) atoms. The monoisotopic (exact) mass is 597 g/mol. The molecular formula is C31H36FN3O6S. The highest BCUT2D eigenvalue weighted by atomic mass is 32.2. The fraction of sp³-hybridized carbons (Fsp3) is 0.355. The van der Waals surface area contributed by atoms with Crippen molar-refractivity contribution in [1.82, 2.24) is 10.2 Å². The van der Waals surface area contributed by atoms with Crippen LogP contribution in [0.25, 0.3) is 0 Å². The highest BCUT2D eigenvalue weighted by Gasteiger charge is 2.34. The lowest BCUT2D eigenvalue weighted by Gasteiger charge is -2.33. The van der Waals surface area contributed by atoms with Gasteiger partial charge in [0.05, 0.1) is 10.6 Å². The first-order chi connectivity index (χ1) is 20.2. The molecule has 9 nitrogen and oxygen atoms in total. The van der Waals surface area contributed by atoms with Crippen molar-refractivity contribution < 1.29 is 31.9 Å². The normalized spacial score (nSPS) is 13.2. The number of carbonyl (C=O) groups is 2. The van der Waals surface area contributed by atoms with Gasteiger partial charge in [-0.25, -0.2) is 12.8 Å². The molecule has 0 spiro atoms. The second-order valence-corrected chi connectivity index (χ2v) is 11.7. The van der Waals surface area contributed by atoms with E-state index in [9.17, 15) is 22.4 Å². The van der Waals surface area contributed by atoms with E-state index < -0.39 is 34.3 Å². The molecule has 2 amide bonds. The molecule has 1 aliphatic heterocycles. The predicted molar refractivity (Wildman–Crippen MR) is 157 cm³/mol. The Kier molecular flexibility index (Phi) is 10.4. The number of ether oxygens (including phenoxy) is 2. The molecule has 0 saturated carbocycles. The summed E-state index contributed by atoms with van der Waals surface area (Å²) in [4.78, 5) is 28.7. The van der Waals surface area contributed by atoms with Crippen molar-refractivity contribution in [2.24, 2.45) is 0 Å². The molecular weight excluding hydrogens is 561 g/mol. The number of sulfonamides is 1. The van der Waals surface area contributed by atoms with Crippen molar-refractivity contribution in [2.75, 3.05) is 30.6 Å². The van der Waals surface area contributed by atoms with Gasteiger partial charge in [-0.05, 0) is 54.8 Å². The second kappa shape index (κ2) is 14.2. The maximum absolute atomic E-state index is 14.1. The van der Waals surface area contributed by atoms with Crippen molar-refractivity contribution in [1.29, 1.82) is 0 Å². The summed E-state index contributed by atoms with van der Waals surface area (Å²) in [5.41, 5.74) is 0.806. The molecule has 1 atom stereocenters. The van der Waals surface area contributed by atoms with Gasteiger partial charge < -0.3 is 19.7 Å². The van der Waals surface area contributed by atoms with E-state index in [2.05, 4.69) is 5.32 Å². The van der Waals surface area contributed by atoms with E-state index in [-0.39, 0.29) is 23.0 Å². The maximum atomic E-state index is 14.1. The van der Waals surface area contributed by atoms with Crippen molar-refractivity contribution in [3.05, 3.63) is 84.2 Å². The number of unbranched alkanes of at least 4 members (excludes halogenated alkanes) is 1. The Morgan fingerprint density at radius 3 is 2.31 bits per heavy atom. The zero-order valence-electron chi connectivity index (χ0n) is 23.8. The fourth-order valence-corrected chi connectivity index (χ4v) is 6.07. The van der Waals surface area contributed by atoms with Crippen LogP contribution in [0.4, 0.5) is 10.1 Å². The Balaban J connectivity index is 1.72. The molecule has 1 unspecified atom stereocenters. The van der Waals surface area contributed by atoms with Gasteiger partial charge in [0.1, 0.15) is 31.6 Å². The van der Waals surface area contributed by atoms with E-state index in [1.165, 1.54) is 47.4 Å². The molecule has 1 heterocycles. The van der Waals surface area contributed by atoms with Crippen LogP contribution in [0.1, 0.15) is 38.7 Å². The van der Waals surface area contributed by atoms with Crippen molar-refractivity contribution in [3.8, 4) is 11.5 Å². The van der Waals surface area contributed by atoms with Crippen molar-refractivity contribution in [2.45, 2.75) is 50.6 Å². The van der Waals surface area contributed by atoms with E-state index >= 15 is 0 Å². The number of anilines is 1. The van der Waals surface area contributed by atoms with Gasteiger partial charge in [-0.2, -0.15) is 0 Å². The van der Waals surface area contributed by atoms with Gasteiger partial charge in [-0.15, -0.1) is 0 Å². The number of nitrogens with zero attached hydrogens (tertiary/aromatic N) is 2. The molecule has 3 aromatic rings. The van der Waals surface area contributed by atoms with Crippen molar-refractivity contribution in [3.63, 3.8) is 0 Å². The average Bonchev–Trinajstić information content (AvgIpc) is 3.01. The van der Waals surface area contributed by atoms with E-state index in [1.54, 1.807) is 37.3 Å². The number of hydrogen-bond acceptors (Lipinski definition) is 6. The molecule has 1 N–H and O–H groups in total. The summed E-state index contributed by atoms with van der Waals surface area (Å²) in [5, 5.41) is 2.89. The van der Waals surface area contributed by atoms with Gasteiger partial charge in [-0.3, -0.25) is 13.9 Å². The number of fused-ring (bicyclic) bond motifs is 1. The summed E-state index contributed by atoms with van der Waals surface area (Å²) in [5.74, 6) is -0.519. The van der Waals surface area contributed by atoms with Crippen LogP contribution in [-0.2, 0) is 26.2 Å². The largest absolute Gasteiger partial charge is 0.486 e. The summed E-state index contributed by atoms with van der Waals surface area (Å²) in [6.45, 7) is 4.32. The first-order valence-corrected chi connectivity index (χ1v) is 15.5. The highest BCUT2D eigenvalue weighted by molar-refractivity contribution is 7.92. The number of nitrogens with one attached hydrogen (secondary N) is 1. The molecule has 4 rings (SSSR count). The minimum atomic E-state index is -4.22. The predicted octanol–water partition coefficient (Wildman–Crippen LogP) is 4.52. The van der Waals surface area contributed by atoms with Crippen LogP contribution >= 0.6 is 0 Å². The third-order valence-corrected chi connectivity index (χ3v) is 8.69. The molecule has 0 radical (unpaired) electrons. The van der Waals surface area contributed by atoms with Gasteiger partial charge in [0, 0.05) is 19.2 Å². The molecule has 11 heteroatoms. The molecule has 0 aliphatic carbocycles. The van der Waals surface area contributed by atoms with Crippen LogP contribution in [0.2, 0.25) is 0 Å². The first-order valence-electron chi connectivity index (χ1n) is 14.0. The smallest absolute Gasteiger partial charge is 0.264 e. The Morgan fingerprint density at radius 2 is 1.64 bits per heavy atom. The van der Waals surface area contributed by atoms with E-state index in [1.807, 2.05) is 6.92 Å². The summed E-state index contributed by atoms with van der Waals surface area (Å²) in [6, 6.07) is 17.3. The Morgan fingerprint density at radius 1 is 0.952 bits per heavy atom. The molecule has 224 valence electrons. The lowest BCUT2D eigenvalue weighted by Crippen LogP contribution is -2.52. The van der Waals surface area contributed by atoms with Gasteiger partial charge in [0.25, 0.3) is 10.0 Å². The fourth-order valence-electron chi connectivity index (χ4n) is 4.65. The quantitative estimate of drug-likeness (QED) is 0.291. The van der Waals surface area contributed by atoms with Crippen LogP contribution in [-0.4, -0.2) is 57.5 Å². The Labute approximate surface area is 246 Å². The second-order valence-electron chi connectivity index (χ2n) is 9.87.